The molecular formula is C15H21IN2O3. The average Bonchev–Trinajstić information content (AvgIpc) is 2.40. The molecule has 1 atom stereocenters. The molecule has 6 heteroatoms. The Hall–Kier alpha value is -1.05. The minimum Gasteiger partial charge on any atom is -0.472 e. The number of halogens is 1. The largest absolute Gasteiger partial charge is 0.472 e. The SMILES string of the molecule is CC(C)(C)OC(=O)N1CCC[C@@H](Oc2ccc(I)cn2)C1. The first kappa shape index (κ1) is 16.3. The molecule has 2 rings (SSSR count). The Bertz CT molecular complexity index is 485. The molecule has 116 valence electrons. The maximum absolute atomic E-state index is 12.1. The van der Waals surface area contributed by atoms with Crippen molar-refractivity contribution in [1.82, 2.24) is 9.88 Å². The van der Waals surface area contributed by atoms with Gasteiger partial charge < -0.3 is 14.4 Å². The summed E-state index contributed by atoms with van der Waals surface area (Å²) in [6.07, 6.45) is 3.30. The molecule has 0 aromatic carbocycles. The molecule has 2 heterocycles. The van der Waals surface area contributed by atoms with Crippen LogP contribution in [-0.4, -0.2) is 40.8 Å². The van der Waals surface area contributed by atoms with E-state index >= 15 is 0 Å². The van der Waals surface area contributed by atoms with Gasteiger partial charge in [0, 0.05) is 22.4 Å². The highest BCUT2D eigenvalue weighted by Crippen LogP contribution is 2.19. The topological polar surface area (TPSA) is 51.7 Å². The average molecular weight is 404 g/mol. The molecule has 1 aliphatic rings. The minimum atomic E-state index is -0.470. The molecule has 1 aromatic heterocycles. The lowest BCUT2D eigenvalue weighted by molar-refractivity contribution is 0.00722. The number of carbonyl (C=O) groups excluding carboxylic acids is 1. The molecule has 0 unspecified atom stereocenters. The third kappa shape index (κ3) is 5.33. The summed E-state index contributed by atoms with van der Waals surface area (Å²) in [5.74, 6) is 0.603. The van der Waals surface area contributed by atoms with Gasteiger partial charge in [0.15, 0.2) is 0 Å². The van der Waals surface area contributed by atoms with Gasteiger partial charge in [-0.2, -0.15) is 0 Å². The van der Waals surface area contributed by atoms with E-state index in [1.54, 1.807) is 11.1 Å². The monoisotopic (exact) mass is 404 g/mol. The van der Waals surface area contributed by atoms with Crippen LogP contribution in [0.5, 0.6) is 5.88 Å². The van der Waals surface area contributed by atoms with Crippen molar-refractivity contribution >= 4 is 28.7 Å². The number of aromatic nitrogens is 1. The number of rotatable bonds is 2. The van der Waals surface area contributed by atoms with Crippen LogP contribution in [0.4, 0.5) is 4.79 Å². The van der Waals surface area contributed by atoms with Crippen molar-refractivity contribution in [3.8, 4) is 5.88 Å². The van der Waals surface area contributed by atoms with Crippen LogP contribution in [-0.2, 0) is 4.74 Å². The summed E-state index contributed by atoms with van der Waals surface area (Å²) in [7, 11) is 0. The van der Waals surface area contributed by atoms with Gasteiger partial charge in [-0.1, -0.05) is 0 Å². The van der Waals surface area contributed by atoms with Crippen LogP contribution in [0.25, 0.3) is 0 Å². The van der Waals surface area contributed by atoms with Gasteiger partial charge >= 0.3 is 6.09 Å². The number of nitrogens with zero attached hydrogens (tertiary/aromatic N) is 2. The van der Waals surface area contributed by atoms with E-state index in [1.807, 2.05) is 32.9 Å². The first-order valence-corrected chi connectivity index (χ1v) is 8.17. The van der Waals surface area contributed by atoms with Crippen LogP contribution in [0.1, 0.15) is 33.6 Å². The van der Waals surface area contributed by atoms with Crippen LogP contribution in [0.15, 0.2) is 18.3 Å². The third-order valence-electron chi connectivity index (χ3n) is 3.02. The molecule has 1 aliphatic heterocycles. The smallest absolute Gasteiger partial charge is 0.410 e. The fraction of sp³-hybridized carbons (Fsp3) is 0.600. The summed E-state index contributed by atoms with van der Waals surface area (Å²) in [6, 6.07) is 3.81. The van der Waals surface area contributed by atoms with Gasteiger partial charge in [-0.05, 0) is 62.3 Å². The molecule has 1 amide bonds. The Morgan fingerprint density at radius 3 is 2.81 bits per heavy atom. The third-order valence-corrected chi connectivity index (χ3v) is 3.66. The summed E-state index contributed by atoms with van der Waals surface area (Å²) < 4.78 is 12.3. The standard InChI is InChI=1S/C15H21IN2O3/c1-15(2,3)21-14(19)18-8-4-5-12(10-18)20-13-7-6-11(16)9-17-13/h6-7,9,12H,4-5,8,10H2,1-3H3/t12-/m1/s1. The molecule has 0 N–H and O–H groups in total. The summed E-state index contributed by atoms with van der Waals surface area (Å²) in [5.41, 5.74) is -0.470. The number of amides is 1. The van der Waals surface area contributed by atoms with Crippen LogP contribution >= 0.6 is 22.6 Å². The molecule has 0 spiro atoms. The number of likely N-dealkylation sites (tertiary alicyclic amines) is 1. The molecule has 21 heavy (non-hydrogen) atoms. The number of pyridine rings is 1. The predicted octanol–water partition coefficient (Wildman–Crippen LogP) is 3.46. The lowest BCUT2D eigenvalue weighted by atomic mass is 10.1. The Balaban J connectivity index is 1.91. The van der Waals surface area contributed by atoms with Crippen LogP contribution in [0.3, 0.4) is 0 Å². The van der Waals surface area contributed by atoms with E-state index in [9.17, 15) is 4.79 Å². The van der Waals surface area contributed by atoms with Crippen LogP contribution < -0.4 is 4.74 Å². The highest BCUT2D eigenvalue weighted by Gasteiger charge is 2.28. The fourth-order valence-electron chi connectivity index (χ4n) is 2.13. The quantitative estimate of drug-likeness (QED) is 0.709. The highest BCUT2D eigenvalue weighted by atomic mass is 127. The van der Waals surface area contributed by atoms with Crippen molar-refractivity contribution in [2.24, 2.45) is 0 Å². The van der Waals surface area contributed by atoms with Crippen LogP contribution in [0, 0.1) is 3.57 Å². The predicted molar refractivity (Wildman–Crippen MR) is 88.4 cm³/mol. The molecule has 1 fully saturated rings. The fourth-order valence-corrected chi connectivity index (χ4v) is 2.45. The van der Waals surface area contributed by atoms with Crippen molar-refractivity contribution in [3.63, 3.8) is 0 Å². The number of hydrogen-bond acceptors (Lipinski definition) is 4. The van der Waals surface area contributed by atoms with E-state index in [1.165, 1.54) is 0 Å². The Morgan fingerprint density at radius 1 is 1.43 bits per heavy atom. The first-order valence-electron chi connectivity index (χ1n) is 7.09. The van der Waals surface area contributed by atoms with Gasteiger partial charge in [-0.25, -0.2) is 9.78 Å². The number of hydrogen-bond donors (Lipinski definition) is 0. The van der Waals surface area contributed by atoms with Crippen molar-refractivity contribution in [2.45, 2.75) is 45.3 Å². The van der Waals surface area contributed by atoms with Gasteiger partial charge in [-0.3, -0.25) is 0 Å². The molecule has 5 nitrogen and oxygen atoms in total. The second-order valence-corrected chi connectivity index (χ2v) is 7.37. The molecular weight excluding hydrogens is 383 g/mol. The number of carbonyl (C=O) groups is 1. The molecule has 1 saturated heterocycles. The first-order chi connectivity index (χ1) is 9.83. The zero-order valence-electron chi connectivity index (χ0n) is 12.6. The minimum absolute atomic E-state index is 0.0289. The molecule has 0 radical (unpaired) electrons. The maximum Gasteiger partial charge on any atom is 0.410 e. The number of ether oxygens (including phenoxy) is 2. The Labute approximate surface area is 139 Å². The van der Waals surface area contributed by atoms with E-state index in [0.717, 1.165) is 23.0 Å². The summed E-state index contributed by atoms with van der Waals surface area (Å²) in [6.45, 7) is 6.88. The van der Waals surface area contributed by atoms with E-state index in [0.29, 0.717) is 12.4 Å². The van der Waals surface area contributed by atoms with Gasteiger partial charge in [0.2, 0.25) is 5.88 Å². The van der Waals surface area contributed by atoms with E-state index in [-0.39, 0.29) is 12.2 Å². The van der Waals surface area contributed by atoms with Gasteiger partial charge in [0.1, 0.15) is 11.7 Å². The summed E-state index contributed by atoms with van der Waals surface area (Å²) >= 11 is 2.20. The van der Waals surface area contributed by atoms with Crippen molar-refractivity contribution in [2.75, 3.05) is 13.1 Å². The molecule has 0 saturated carbocycles. The lowest BCUT2D eigenvalue weighted by Crippen LogP contribution is -2.46. The van der Waals surface area contributed by atoms with Crippen molar-refractivity contribution in [1.29, 1.82) is 0 Å². The Morgan fingerprint density at radius 2 is 2.19 bits per heavy atom. The van der Waals surface area contributed by atoms with E-state index in [4.69, 9.17) is 9.47 Å². The normalized spacial score (nSPS) is 19.2. The molecule has 0 bridgehead atoms. The van der Waals surface area contributed by atoms with Gasteiger partial charge in [0.25, 0.3) is 0 Å². The van der Waals surface area contributed by atoms with E-state index in [2.05, 4.69) is 27.6 Å². The maximum atomic E-state index is 12.1. The second-order valence-electron chi connectivity index (χ2n) is 6.12. The second kappa shape index (κ2) is 6.81. The van der Waals surface area contributed by atoms with Gasteiger partial charge in [0.05, 0.1) is 6.54 Å². The Kier molecular flexibility index (Phi) is 5.29. The van der Waals surface area contributed by atoms with E-state index < -0.39 is 5.60 Å². The van der Waals surface area contributed by atoms with Crippen LogP contribution in [0.2, 0.25) is 0 Å². The highest BCUT2D eigenvalue weighted by molar-refractivity contribution is 14.1. The van der Waals surface area contributed by atoms with Crippen molar-refractivity contribution < 1.29 is 14.3 Å². The zero-order chi connectivity index (χ0) is 15.5. The molecule has 0 aliphatic carbocycles. The summed E-state index contributed by atoms with van der Waals surface area (Å²) in [5, 5.41) is 0. The number of piperidine rings is 1. The lowest BCUT2D eigenvalue weighted by Gasteiger charge is -2.33. The zero-order valence-corrected chi connectivity index (χ0v) is 14.8. The molecule has 1 aromatic rings. The summed E-state index contributed by atoms with van der Waals surface area (Å²) in [4.78, 5) is 18.0. The van der Waals surface area contributed by atoms with Gasteiger partial charge in [-0.15, -0.1) is 0 Å². The van der Waals surface area contributed by atoms with Crippen molar-refractivity contribution in [3.05, 3.63) is 21.9 Å².